The molecule has 1 rings (SSSR count). The Morgan fingerprint density at radius 1 is 1.38 bits per heavy atom. The SMILES string of the molecule is Cc1ccc(CNCC(=O)O)cc1. The van der Waals surface area contributed by atoms with Crippen molar-refractivity contribution in [3.63, 3.8) is 0 Å². The standard InChI is InChI=1S/C10H13NO2/c1-8-2-4-9(5-3-8)6-11-7-10(12)13/h2-5,11H,6-7H2,1H3,(H,12,13). The maximum atomic E-state index is 10.2. The molecule has 1 aromatic rings. The van der Waals surface area contributed by atoms with E-state index in [1.807, 2.05) is 31.2 Å². The Morgan fingerprint density at radius 2 is 2.00 bits per heavy atom. The van der Waals surface area contributed by atoms with Gasteiger partial charge in [0.1, 0.15) is 0 Å². The van der Waals surface area contributed by atoms with E-state index >= 15 is 0 Å². The van der Waals surface area contributed by atoms with Gasteiger partial charge in [-0.1, -0.05) is 29.8 Å². The molecule has 2 N–H and O–H groups in total. The van der Waals surface area contributed by atoms with Crippen LogP contribution < -0.4 is 5.32 Å². The van der Waals surface area contributed by atoms with E-state index in [0.717, 1.165) is 5.56 Å². The number of rotatable bonds is 4. The van der Waals surface area contributed by atoms with Gasteiger partial charge in [0.25, 0.3) is 0 Å². The second-order valence-corrected chi connectivity index (χ2v) is 2.98. The summed E-state index contributed by atoms with van der Waals surface area (Å²) in [7, 11) is 0. The third-order valence-corrected chi connectivity index (χ3v) is 1.73. The van der Waals surface area contributed by atoms with Crippen molar-refractivity contribution >= 4 is 5.97 Å². The number of benzene rings is 1. The molecule has 0 aliphatic rings. The molecule has 3 heteroatoms. The van der Waals surface area contributed by atoms with E-state index in [4.69, 9.17) is 5.11 Å². The van der Waals surface area contributed by atoms with Crippen molar-refractivity contribution in [1.82, 2.24) is 5.32 Å². The summed E-state index contributed by atoms with van der Waals surface area (Å²) in [6.45, 7) is 2.63. The highest BCUT2D eigenvalue weighted by molar-refractivity contribution is 5.68. The molecule has 0 radical (unpaired) electrons. The lowest BCUT2D eigenvalue weighted by Crippen LogP contribution is -2.21. The minimum atomic E-state index is -0.827. The number of carboxylic acid groups (broad SMARTS) is 1. The predicted octanol–water partition coefficient (Wildman–Crippen LogP) is 1.17. The highest BCUT2D eigenvalue weighted by Crippen LogP contribution is 2.01. The minimum absolute atomic E-state index is 0.00781. The van der Waals surface area contributed by atoms with Gasteiger partial charge in [-0.25, -0.2) is 0 Å². The molecule has 0 aliphatic carbocycles. The fourth-order valence-corrected chi connectivity index (χ4v) is 1.02. The van der Waals surface area contributed by atoms with Crippen molar-refractivity contribution in [1.29, 1.82) is 0 Å². The number of carboxylic acids is 1. The van der Waals surface area contributed by atoms with Gasteiger partial charge in [-0.15, -0.1) is 0 Å². The summed E-state index contributed by atoms with van der Waals surface area (Å²) in [4.78, 5) is 10.2. The van der Waals surface area contributed by atoms with E-state index in [-0.39, 0.29) is 6.54 Å². The van der Waals surface area contributed by atoms with Crippen molar-refractivity contribution in [3.05, 3.63) is 35.4 Å². The fourth-order valence-electron chi connectivity index (χ4n) is 1.02. The topological polar surface area (TPSA) is 49.3 Å². The molecule has 0 heterocycles. The number of nitrogens with one attached hydrogen (secondary N) is 1. The van der Waals surface area contributed by atoms with Crippen LogP contribution >= 0.6 is 0 Å². The van der Waals surface area contributed by atoms with Gasteiger partial charge in [0.2, 0.25) is 0 Å². The molecule has 0 aromatic heterocycles. The third-order valence-electron chi connectivity index (χ3n) is 1.73. The van der Waals surface area contributed by atoms with Gasteiger partial charge in [-0.2, -0.15) is 0 Å². The average molecular weight is 179 g/mol. The van der Waals surface area contributed by atoms with Crippen LogP contribution in [0.5, 0.6) is 0 Å². The number of aliphatic carboxylic acids is 1. The van der Waals surface area contributed by atoms with E-state index in [9.17, 15) is 4.79 Å². The van der Waals surface area contributed by atoms with Crippen molar-refractivity contribution in [3.8, 4) is 0 Å². The number of carbonyl (C=O) groups is 1. The zero-order valence-electron chi connectivity index (χ0n) is 7.58. The molecule has 0 aliphatic heterocycles. The Balaban J connectivity index is 2.37. The third kappa shape index (κ3) is 3.71. The van der Waals surface area contributed by atoms with Crippen LogP contribution in [0.15, 0.2) is 24.3 Å². The molecule has 1 aromatic carbocycles. The molecular weight excluding hydrogens is 166 g/mol. The first-order valence-corrected chi connectivity index (χ1v) is 4.16. The molecule has 0 saturated carbocycles. The van der Waals surface area contributed by atoms with Gasteiger partial charge < -0.3 is 10.4 Å². The first-order chi connectivity index (χ1) is 6.18. The Kier molecular flexibility index (Phi) is 3.46. The number of hydrogen-bond acceptors (Lipinski definition) is 2. The van der Waals surface area contributed by atoms with Crippen LogP contribution in [-0.2, 0) is 11.3 Å². The first kappa shape index (κ1) is 9.74. The maximum Gasteiger partial charge on any atom is 0.317 e. The predicted molar refractivity (Wildman–Crippen MR) is 50.5 cm³/mol. The smallest absolute Gasteiger partial charge is 0.317 e. The first-order valence-electron chi connectivity index (χ1n) is 4.16. The Hall–Kier alpha value is -1.35. The van der Waals surface area contributed by atoms with Crippen LogP contribution in [0.1, 0.15) is 11.1 Å². The summed E-state index contributed by atoms with van der Waals surface area (Å²) in [5.74, 6) is -0.827. The van der Waals surface area contributed by atoms with Crippen LogP contribution in [-0.4, -0.2) is 17.6 Å². The van der Waals surface area contributed by atoms with Gasteiger partial charge in [0.05, 0.1) is 6.54 Å². The molecule has 0 atom stereocenters. The molecule has 70 valence electrons. The molecular formula is C10H13NO2. The summed E-state index contributed by atoms with van der Waals surface area (Å²) >= 11 is 0. The molecule has 0 saturated heterocycles. The lowest BCUT2D eigenvalue weighted by Gasteiger charge is -2.01. The summed E-state index contributed by atoms with van der Waals surface area (Å²) in [5, 5.41) is 11.2. The second kappa shape index (κ2) is 4.62. The molecule has 0 fully saturated rings. The molecule has 3 nitrogen and oxygen atoms in total. The molecule has 13 heavy (non-hydrogen) atoms. The van der Waals surface area contributed by atoms with E-state index in [1.165, 1.54) is 5.56 Å². The van der Waals surface area contributed by atoms with E-state index < -0.39 is 5.97 Å². The molecule has 0 unspecified atom stereocenters. The van der Waals surface area contributed by atoms with Gasteiger partial charge >= 0.3 is 5.97 Å². The summed E-state index contributed by atoms with van der Waals surface area (Å²) in [5.41, 5.74) is 2.31. The zero-order valence-corrected chi connectivity index (χ0v) is 7.58. The largest absolute Gasteiger partial charge is 0.480 e. The minimum Gasteiger partial charge on any atom is -0.480 e. The summed E-state index contributed by atoms with van der Waals surface area (Å²) in [6, 6.07) is 8.00. The fraction of sp³-hybridized carbons (Fsp3) is 0.300. The monoisotopic (exact) mass is 179 g/mol. The van der Waals surface area contributed by atoms with Crippen LogP contribution in [0.3, 0.4) is 0 Å². The lowest BCUT2D eigenvalue weighted by molar-refractivity contribution is -0.135. The van der Waals surface area contributed by atoms with Crippen molar-refractivity contribution in [2.45, 2.75) is 13.5 Å². The van der Waals surface area contributed by atoms with Gasteiger partial charge in [0.15, 0.2) is 0 Å². The Bertz CT molecular complexity index is 279. The van der Waals surface area contributed by atoms with Gasteiger partial charge in [-0.05, 0) is 12.5 Å². The van der Waals surface area contributed by atoms with Crippen LogP contribution in [0.2, 0.25) is 0 Å². The van der Waals surface area contributed by atoms with Gasteiger partial charge in [0, 0.05) is 6.54 Å². The van der Waals surface area contributed by atoms with Crippen LogP contribution in [0.25, 0.3) is 0 Å². The molecule has 0 spiro atoms. The summed E-state index contributed by atoms with van der Waals surface area (Å²) < 4.78 is 0. The lowest BCUT2D eigenvalue weighted by atomic mass is 10.1. The van der Waals surface area contributed by atoms with E-state index in [0.29, 0.717) is 6.54 Å². The molecule has 0 amide bonds. The Labute approximate surface area is 77.4 Å². The van der Waals surface area contributed by atoms with Crippen molar-refractivity contribution < 1.29 is 9.90 Å². The van der Waals surface area contributed by atoms with E-state index in [2.05, 4.69) is 5.32 Å². The number of aryl methyl sites for hydroxylation is 1. The second-order valence-electron chi connectivity index (χ2n) is 2.98. The van der Waals surface area contributed by atoms with Crippen LogP contribution in [0, 0.1) is 6.92 Å². The average Bonchev–Trinajstić information content (AvgIpc) is 2.08. The quantitative estimate of drug-likeness (QED) is 0.729. The normalized spacial score (nSPS) is 9.92. The van der Waals surface area contributed by atoms with Crippen LogP contribution in [0.4, 0.5) is 0 Å². The highest BCUT2D eigenvalue weighted by Gasteiger charge is 1.95. The zero-order chi connectivity index (χ0) is 9.68. The van der Waals surface area contributed by atoms with Crippen molar-refractivity contribution in [2.75, 3.05) is 6.54 Å². The van der Waals surface area contributed by atoms with E-state index in [1.54, 1.807) is 0 Å². The summed E-state index contributed by atoms with van der Waals surface area (Å²) in [6.07, 6.45) is 0. The number of hydrogen-bond donors (Lipinski definition) is 2. The maximum absolute atomic E-state index is 10.2. The van der Waals surface area contributed by atoms with Gasteiger partial charge in [-0.3, -0.25) is 4.79 Å². The molecule has 0 bridgehead atoms. The van der Waals surface area contributed by atoms with Crippen molar-refractivity contribution in [2.24, 2.45) is 0 Å². The Morgan fingerprint density at radius 3 is 2.54 bits per heavy atom. The highest BCUT2D eigenvalue weighted by atomic mass is 16.4.